The maximum atomic E-state index is 14.0. The van der Waals surface area contributed by atoms with E-state index < -0.39 is 0 Å². The van der Waals surface area contributed by atoms with Crippen LogP contribution in [0.4, 0.5) is 4.79 Å². The molecule has 0 aromatic rings. The lowest BCUT2D eigenvalue weighted by molar-refractivity contribution is -0.320. The molecule has 2 amide bonds. The van der Waals surface area contributed by atoms with Gasteiger partial charge in [0.15, 0.2) is 0 Å². The molecule has 0 atom stereocenters. The Morgan fingerprint density at radius 3 is 0.921 bits per heavy atom. The molecule has 2 aliphatic heterocycles. The Bertz CT molecular complexity index is 703. The van der Waals surface area contributed by atoms with Gasteiger partial charge in [0.2, 0.25) is 0 Å². The molecule has 2 heterocycles. The largest absolute Gasteiger partial charge is 0.335 e. The molecular weight excluding hydrogens is 476 g/mol. The number of carbonyl (C=O) groups excluding carboxylic acids is 1. The van der Waals surface area contributed by atoms with Gasteiger partial charge < -0.3 is 10.6 Å². The molecule has 0 bridgehead atoms. The first kappa shape index (κ1) is 27.3. The maximum absolute atomic E-state index is 14.0. The van der Waals surface area contributed by atoms with Crippen molar-refractivity contribution in [2.45, 2.75) is 188 Å². The number of piperidine rings is 2. The summed E-state index contributed by atoms with van der Waals surface area (Å²) in [4.78, 5) is 13.6. The van der Waals surface area contributed by atoms with Gasteiger partial charge in [0.05, 0.1) is 22.2 Å². The van der Waals surface area contributed by atoms with Crippen LogP contribution in [0, 0.1) is 0 Å². The Hall–Kier alpha value is -0.890. The van der Waals surface area contributed by atoms with Gasteiger partial charge in [-0.1, -0.05) is 77.0 Å². The summed E-state index contributed by atoms with van der Waals surface area (Å²) in [5.41, 5.74) is -1.17. The highest BCUT2D eigenvalue weighted by atomic mass is 16.5. The average Bonchev–Trinajstić information content (AvgIpc) is 2.93. The summed E-state index contributed by atoms with van der Waals surface area (Å²) in [6, 6.07) is 0.0547. The fraction of sp³-hybridized carbons (Fsp3) is 0.968. The van der Waals surface area contributed by atoms with Crippen LogP contribution in [-0.2, 0) is 10.4 Å². The molecule has 4 saturated carbocycles. The quantitative estimate of drug-likeness (QED) is 0.417. The van der Waals surface area contributed by atoms with Crippen LogP contribution < -0.4 is 10.6 Å². The maximum Gasteiger partial charge on any atom is 0.315 e. The lowest BCUT2D eigenvalue weighted by atomic mass is 9.65. The number of carbonyl (C=O) groups is 1. The van der Waals surface area contributed by atoms with E-state index in [0.717, 1.165) is 128 Å². The second-order valence-corrected chi connectivity index (χ2v) is 14.6. The van der Waals surface area contributed by atoms with E-state index in [1.54, 1.807) is 10.1 Å². The van der Waals surface area contributed by atoms with Gasteiger partial charge in [0, 0.05) is 12.1 Å². The third-order valence-corrected chi connectivity index (χ3v) is 12.0. The van der Waals surface area contributed by atoms with Crippen molar-refractivity contribution in [3.63, 3.8) is 0 Å². The molecule has 214 valence electrons. The molecule has 2 N–H and O–H groups in total. The van der Waals surface area contributed by atoms with E-state index in [1.165, 1.54) is 25.7 Å². The van der Waals surface area contributed by atoms with Crippen molar-refractivity contribution >= 4 is 6.03 Å². The highest BCUT2D eigenvalue weighted by Crippen LogP contribution is 2.52. The van der Waals surface area contributed by atoms with E-state index >= 15 is 0 Å². The Labute approximate surface area is 230 Å². The van der Waals surface area contributed by atoms with E-state index in [1.807, 2.05) is 0 Å². The Balaban J connectivity index is 1.17. The minimum absolute atomic E-state index is 0.0586. The fourth-order valence-corrected chi connectivity index (χ4v) is 10.4. The summed E-state index contributed by atoms with van der Waals surface area (Å²) < 4.78 is 0. The first-order valence-corrected chi connectivity index (χ1v) is 16.4. The van der Waals surface area contributed by atoms with Gasteiger partial charge in [0.25, 0.3) is 0 Å². The first-order chi connectivity index (χ1) is 18.4. The molecule has 7 nitrogen and oxygen atoms in total. The third kappa shape index (κ3) is 4.92. The van der Waals surface area contributed by atoms with Crippen molar-refractivity contribution in [1.29, 1.82) is 0 Å². The summed E-state index contributed by atoms with van der Waals surface area (Å²) in [5.74, 6) is 0. The minimum atomic E-state index is -0.294. The Morgan fingerprint density at radius 1 is 0.447 bits per heavy atom. The molecule has 6 fully saturated rings. The van der Waals surface area contributed by atoms with E-state index in [0.29, 0.717) is 0 Å². The molecule has 4 aliphatic carbocycles. The van der Waals surface area contributed by atoms with E-state index in [2.05, 4.69) is 10.6 Å². The number of hydrogen-bond donors (Lipinski definition) is 2. The number of nitrogens with one attached hydrogen (secondary N) is 2. The number of hydrogen-bond acceptors (Lipinski definition) is 3. The minimum Gasteiger partial charge on any atom is -0.335 e. The smallest absolute Gasteiger partial charge is 0.315 e. The SMILES string of the molecule is [O]N1C2(CCCCC2)CC(NC(=O)NC2CC3(CCCCC3)N([O])C3(CCCCC3)C2)CC12CCCCC2. The number of nitrogens with zero attached hydrogens (tertiary/aromatic N) is 2. The van der Waals surface area contributed by atoms with E-state index in [9.17, 15) is 15.2 Å². The molecule has 4 spiro atoms. The van der Waals surface area contributed by atoms with Crippen molar-refractivity contribution in [3.05, 3.63) is 0 Å². The van der Waals surface area contributed by atoms with Gasteiger partial charge in [-0.3, -0.25) is 0 Å². The van der Waals surface area contributed by atoms with E-state index in [-0.39, 0.29) is 40.3 Å². The van der Waals surface area contributed by atoms with Gasteiger partial charge in [-0.05, 0) is 77.0 Å². The summed E-state index contributed by atoms with van der Waals surface area (Å²) in [7, 11) is 0. The summed E-state index contributed by atoms with van der Waals surface area (Å²) >= 11 is 0. The van der Waals surface area contributed by atoms with Crippen molar-refractivity contribution < 1.29 is 15.2 Å². The fourth-order valence-electron chi connectivity index (χ4n) is 10.4. The zero-order valence-electron chi connectivity index (χ0n) is 23.7. The molecule has 2 saturated heterocycles. The van der Waals surface area contributed by atoms with Crippen molar-refractivity contribution in [2.24, 2.45) is 0 Å². The molecule has 0 unspecified atom stereocenters. The summed E-state index contributed by atoms with van der Waals surface area (Å²) in [6.45, 7) is 0. The second-order valence-electron chi connectivity index (χ2n) is 14.6. The standard InChI is InChI=1S/C31H52N4O3/c36-27(32-25-21-28(13-5-1-6-14-28)34(37)29(22-25)15-7-2-8-16-29)33-26-23-30(17-9-3-10-18-30)35(38)31(24-26)19-11-4-12-20-31/h25-26H,1-24H2,(H2,32,33,36). The second kappa shape index (κ2) is 10.8. The van der Waals surface area contributed by atoms with E-state index in [4.69, 9.17) is 0 Å². The number of rotatable bonds is 2. The zero-order chi connectivity index (χ0) is 26.3. The van der Waals surface area contributed by atoms with Gasteiger partial charge in [-0.25, -0.2) is 4.79 Å². The zero-order valence-corrected chi connectivity index (χ0v) is 23.7. The van der Waals surface area contributed by atoms with Gasteiger partial charge in [-0.2, -0.15) is 0 Å². The lowest BCUT2D eigenvalue weighted by Gasteiger charge is -2.58. The van der Waals surface area contributed by atoms with Crippen molar-refractivity contribution in [1.82, 2.24) is 20.8 Å². The molecular formula is C31H52N4O3. The number of amides is 2. The number of hydroxylamine groups is 4. The van der Waals surface area contributed by atoms with Crippen LogP contribution in [0.15, 0.2) is 0 Å². The molecule has 6 rings (SSSR count). The van der Waals surface area contributed by atoms with Crippen LogP contribution in [0.3, 0.4) is 0 Å². The first-order valence-electron chi connectivity index (χ1n) is 16.4. The molecule has 0 aromatic heterocycles. The van der Waals surface area contributed by atoms with Crippen molar-refractivity contribution in [2.75, 3.05) is 0 Å². The van der Waals surface area contributed by atoms with Crippen LogP contribution in [0.2, 0.25) is 0 Å². The molecule has 7 heteroatoms. The molecule has 38 heavy (non-hydrogen) atoms. The highest BCUT2D eigenvalue weighted by molar-refractivity contribution is 5.74. The molecule has 0 aromatic carbocycles. The highest BCUT2D eigenvalue weighted by Gasteiger charge is 2.57. The van der Waals surface area contributed by atoms with Crippen molar-refractivity contribution in [3.8, 4) is 0 Å². The van der Waals surface area contributed by atoms with Gasteiger partial charge in [-0.15, -0.1) is 20.5 Å². The average molecular weight is 529 g/mol. The lowest BCUT2D eigenvalue weighted by Crippen LogP contribution is -2.69. The number of urea groups is 1. The predicted octanol–water partition coefficient (Wildman–Crippen LogP) is 6.72. The topological polar surface area (TPSA) is 87.4 Å². The Morgan fingerprint density at radius 2 is 0.684 bits per heavy atom. The molecule has 2 radical (unpaired) electrons. The summed E-state index contributed by atoms with van der Waals surface area (Å²) in [6.07, 6.45) is 24.9. The monoisotopic (exact) mass is 528 g/mol. The molecule has 6 aliphatic rings. The predicted molar refractivity (Wildman–Crippen MR) is 146 cm³/mol. The van der Waals surface area contributed by atoms with Crippen LogP contribution in [-0.4, -0.2) is 50.4 Å². The van der Waals surface area contributed by atoms with Gasteiger partial charge in [0.1, 0.15) is 0 Å². The summed E-state index contributed by atoms with van der Waals surface area (Å²) in [5, 5.41) is 37.9. The van der Waals surface area contributed by atoms with Crippen LogP contribution in [0.5, 0.6) is 0 Å². The normalized spacial score (nSPS) is 34.9. The van der Waals surface area contributed by atoms with Crippen LogP contribution in [0.25, 0.3) is 0 Å². The van der Waals surface area contributed by atoms with Crippen LogP contribution >= 0.6 is 0 Å². The Kier molecular flexibility index (Phi) is 7.78. The third-order valence-electron chi connectivity index (χ3n) is 12.0. The van der Waals surface area contributed by atoms with Crippen LogP contribution in [0.1, 0.15) is 154 Å². The van der Waals surface area contributed by atoms with Gasteiger partial charge >= 0.3 is 6.03 Å².